The molecule has 0 aliphatic heterocycles. The van der Waals surface area contributed by atoms with Gasteiger partial charge < -0.3 is 15.1 Å². The Labute approximate surface area is 145 Å². The molecule has 25 heavy (non-hydrogen) atoms. The summed E-state index contributed by atoms with van der Waals surface area (Å²) in [4.78, 5) is 20.9. The average Bonchev–Trinajstić information content (AvgIpc) is 3.18. The molecule has 0 saturated carbocycles. The fourth-order valence-electron chi connectivity index (χ4n) is 2.38. The van der Waals surface area contributed by atoms with Crippen molar-refractivity contribution in [3.05, 3.63) is 35.7 Å². The fraction of sp³-hybridized carbons (Fsp3) is 0.412. The highest BCUT2D eigenvalue weighted by molar-refractivity contribution is 5.91. The maximum atomic E-state index is 11.6. The topological polar surface area (TPSA) is 97.9 Å². The Balaban J connectivity index is 1.90. The molecule has 8 nitrogen and oxygen atoms in total. The van der Waals surface area contributed by atoms with Crippen LogP contribution in [0.25, 0.3) is 11.0 Å². The van der Waals surface area contributed by atoms with Crippen molar-refractivity contribution in [2.75, 3.05) is 12.4 Å². The Bertz CT molecular complexity index is 919. The molecule has 0 unspecified atom stereocenters. The van der Waals surface area contributed by atoms with Crippen molar-refractivity contribution in [3.8, 4) is 0 Å². The third-order valence-electron chi connectivity index (χ3n) is 3.81. The third-order valence-corrected chi connectivity index (χ3v) is 3.81. The molecule has 3 aromatic heterocycles. The Morgan fingerprint density at radius 2 is 2.04 bits per heavy atom. The molecule has 2 N–H and O–H groups in total. The lowest BCUT2D eigenvalue weighted by Crippen LogP contribution is -2.18. The van der Waals surface area contributed by atoms with Gasteiger partial charge in [-0.3, -0.25) is 9.48 Å². The van der Waals surface area contributed by atoms with Crippen LogP contribution in [-0.2, 0) is 19.0 Å². The zero-order valence-corrected chi connectivity index (χ0v) is 15.0. The van der Waals surface area contributed by atoms with Gasteiger partial charge in [0, 0.05) is 19.5 Å². The zero-order chi connectivity index (χ0) is 18.2. The molecule has 3 aromatic rings. The van der Waals surface area contributed by atoms with Gasteiger partial charge in [-0.2, -0.15) is 5.10 Å². The first kappa shape index (κ1) is 16.9. The lowest BCUT2D eigenvalue weighted by atomic mass is 9.95. The molecule has 0 saturated heterocycles. The number of fused-ring (bicyclic) bond motifs is 1. The summed E-state index contributed by atoms with van der Waals surface area (Å²) in [5.74, 6) is 2.10. The first-order chi connectivity index (χ1) is 11.8. The highest BCUT2D eigenvalue weighted by Gasteiger charge is 2.21. The summed E-state index contributed by atoms with van der Waals surface area (Å²) in [7, 11) is 3.42. The smallest absolute Gasteiger partial charge is 0.286 e. The van der Waals surface area contributed by atoms with Gasteiger partial charge in [0.2, 0.25) is 0 Å². The molecule has 0 atom stereocenters. The van der Waals surface area contributed by atoms with Crippen LogP contribution in [0.4, 0.5) is 5.82 Å². The van der Waals surface area contributed by atoms with Crippen molar-refractivity contribution in [2.24, 2.45) is 7.05 Å². The monoisotopic (exact) mass is 342 g/mol. The van der Waals surface area contributed by atoms with Crippen LogP contribution in [0, 0.1) is 0 Å². The van der Waals surface area contributed by atoms with Crippen molar-refractivity contribution in [2.45, 2.75) is 32.7 Å². The van der Waals surface area contributed by atoms with E-state index in [4.69, 9.17) is 4.42 Å². The first-order valence-corrected chi connectivity index (χ1v) is 8.04. The predicted octanol–water partition coefficient (Wildman–Crippen LogP) is 2.23. The van der Waals surface area contributed by atoms with E-state index in [1.807, 2.05) is 7.05 Å². The van der Waals surface area contributed by atoms with E-state index in [1.54, 1.807) is 30.1 Å². The maximum Gasteiger partial charge on any atom is 0.286 e. The summed E-state index contributed by atoms with van der Waals surface area (Å²) in [6, 6.07) is 3.42. The molecular weight excluding hydrogens is 320 g/mol. The van der Waals surface area contributed by atoms with Crippen LogP contribution >= 0.6 is 0 Å². The van der Waals surface area contributed by atoms with Gasteiger partial charge in [0.1, 0.15) is 17.4 Å². The zero-order valence-electron chi connectivity index (χ0n) is 15.0. The highest BCUT2D eigenvalue weighted by atomic mass is 16.4. The summed E-state index contributed by atoms with van der Waals surface area (Å²) in [6.45, 7) is 6.60. The molecular formula is C17H22N6O2. The minimum absolute atomic E-state index is 0.189. The molecule has 0 aromatic carbocycles. The number of hydrogen-bond acceptors (Lipinski definition) is 6. The maximum absolute atomic E-state index is 11.6. The molecule has 8 heteroatoms. The molecule has 0 bridgehead atoms. The summed E-state index contributed by atoms with van der Waals surface area (Å²) in [5.41, 5.74) is 0.583. The third kappa shape index (κ3) is 3.33. The van der Waals surface area contributed by atoms with Gasteiger partial charge in [0.25, 0.3) is 5.91 Å². The second-order valence-corrected chi connectivity index (χ2v) is 6.85. The van der Waals surface area contributed by atoms with Crippen LogP contribution in [0.5, 0.6) is 0 Å². The van der Waals surface area contributed by atoms with Crippen molar-refractivity contribution >= 4 is 22.8 Å². The van der Waals surface area contributed by atoms with Crippen molar-refractivity contribution in [3.63, 3.8) is 0 Å². The van der Waals surface area contributed by atoms with Crippen molar-refractivity contribution in [1.82, 2.24) is 25.1 Å². The van der Waals surface area contributed by atoms with E-state index in [9.17, 15) is 4.79 Å². The number of nitrogens with one attached hydrogen (secondary N) is 2. The summed E-state index contributed by atoms with van der Waals surface area (Å²) >= 11 is 0. The van der Waals surface area contributed by atoms with Gasteiger partial charge in [-0.1, -0.05) is 20.8 Å². The second kappa shape index (κ2) is 6.19. The number of rotatable bonds is 4. The number of aromatic nitrogens is 4. The summed E-state index contributed by atoms with van der Waals surface area (Å²) < 4.78 is 7.26. The van der Waals surface area contributed by atoms with Crippen molar-refractivity contribution < 1.29 is 9.21 Å². The van der Waals surface area contributed by atoms with Crippen LogP contribution in [0.3, 0.4) is 0 Å². The van der Waals surface area contributed by atoms with E-state index in [-0.39, 0.29) is 17.1 Å². The molecule has 0 aliphatic carbocycles. The summed E-state index contributed by atoms with van der Waals surface area (Å²) in [5, 5.41) is 10.9. The van der Waals surface area contributed by atoms with Gasteiger partial charge in [0.15, 0.2) is 11.4 Å². The van der Waals surface area contributed by atoms with E-state index in [0.29, 0.717) is 18.1 Å². The quantitative estimate of drug-likeness (QED) is 0.754. The number of aryl methyl sites for hydroxylation is 1. The number of anilines is 1. The highest BCUT2D eigenvalue weighted by Crippen LogP contribution is 2.26. The number of carbonyl (C=O) groups excluding carboxylic acids is 1. The molecule has 0 aliphatic rings. The normalized spacial score (nSPS) is 11.7. The summed E-state index contributed by atoms with van der Waals surface area (Å²) in [6.07, 6.45) is 1.74. The first-order valence-electron chi connectivity index (χ1n) is 8.04. The molecule has 3 rings (SSSR count). The van der Waals surface area contributed by atoms with Crippen LogP contribution in [0.2, 0.25) is 0 Å². The van der Waals surface area contributed by atoms with Gasteiger partial charge in [-0.05, 0) is 12.1 Å². The minimum atomic E-state index is -0.252. The molecule has 3 heterocycles. The van der Waals surface area contributed by atoms with E-state index in [2.05, 4.69) is 46.5 Å². The van der Waals surface area contributed by atoms with E-state index < -0.39 is 0 Å². The Hall–Kier alpha value is -2.90. The molecule has 1 amide bonds. The number of amides is 1. The van der Waals surface area contributed by atoms with E-state index in [0.717, 1.165) is 16.9 Å². The lowest BCUT2D eigenvalue weighted by molar-refractivity contribution is 0.0934. The van der Waals surface area contributed by atoms with Gasteiger partial charge in [-0.25, -0.2) is 9.97 Å². The van der Waals surface area contributed by atoms with E-state index >= 15 is 0 Å². The predicted molar refractivity (Wildman–Crippen MR) is 94.4 cm³/mol. The standard InChI is InChI=1S/C17H22N6O2/c1-17(2,3)16-21-13(11-9-20-23(5)14(11)22-16)19-8-10-6-7-12(25-10)15(24)18-4/h6-7,9H,8H2,1-5H3,(H,18,24)(H,19,21,22). The Kier molecular flexibility index (Phi) is 4.20. The average molecular weight is 342 g/mol. The van der Waals surface area contributed by atoms with Gasteiger partial charge in [-0.15, -0.1) is 0 Å². The van der Waals surface area contributed by atoms with E-state index in [1.165, 1.54) is 0 Å². The van der Waals surface area contributed by atoms with Crippen molar-refractivity contribution in [1.29, 1.82) is 0 Å². The second-order valence-electron chi connectivity index (χ2n) is 6.85. The van der Waals surface area contributed by atoms with Gasteiger partial charge >= 0.3 is 0 Å². The molecule has 0 radical (unpaired) electrons. The largest absolute Gasteiger partial charge is 0.454 e. The van der Waals surface area contributed by atoms with Gasteiger partial charge in [0.05, 0.1) is 18.1 Å². The fourth-order valence-corrected chi connectivity index (χ4v) is 2.38. The molecule has 0 spiro atoms. The number of carbonyl (C=O) groups is 1. The molecule has 0 fully saturated rings. The number of nitrogens with zero attached hydrogens (tertiary/aromatic N) is 4. The Morgan fingerprint density at radius 1 is 1.28 bits per heavy atom. The Morgan fingerprint density at radius 3 is 2.72 bits per heavy atom. The van der Waals surface area contributed by atoms with Crippen LogP contribution in [0.15, 0.2) is 22.7 Å². The molecule has 132 valence electrons. The lowest BCUT2D eigenvalue weighted by Gasteiger charge is -2.18. The van der Waals surface area contributed by atoms with Crippen LogP contribution < -0.4 is 10.6 Å². The van der Waals surface area contributed by atoms with Crippen LogP contribution in [0.1, 0.15) is 42.9 Å². The number of hydrogen-bond donors (Lipinski definition) is 2. The number of furan rings is 1. The van der Waals surface area contributed by atoms with Crippen LogP contribution in [-0.4, -0.2) is 32.7 Å². The minimum Gasteiger partial charge on any atom is -0.454 e. The SMILES string of the molecule is CNC(=O)c1ccc(CNc2nc(C(C)(C)C)nc3c2cnn3C)o1.